The third-order valence-corrected chi connectivity index (χ3v) is 2.11. The first-order chi connectivity index (χ1) is 5.79. The number of hydrogen-bond donors (Lipinski definition) is 0. The minimum atomic E-state index is 0.131. The van der Waals surface area contributed by atoms with E-state index >= 15 is 0 Å². The van der Waals surface area contributed by atoms with Gasteiger partial charge in [-0.1, -0.05) is 24.3 Å². The molecule has 12 heavy (non-hydrogen) atoms. The summed E-state index contributed by atoms with van der Waals surface area (Å²) in [6, 6.07) is 5.83. The highest BCUT2D eigenvalue weighted by atomic mass is 16.1. The largest absolute Gasteiger partial charge is 0.294 e. The molecule has 0 heterocycles. The van der Waals surface area contributed by atoms with Crippen LogP contribution in [0.3, 0.4) is 0 Å². The predicted molar refractivity (Wildman–Crippen MR) is 47.9 cm³/mol. The lowest BCUT2D eigenvalue weighted by Crippen LogP contribution is -1.96. The van der Waals surface area contributed by atoms with Gasteiger partial charge in [0.15, 0.2) is 5.78 Å². The Morgan fingerprint density at radius 2 is 2.33 bits per heavy atom. The van der Waals surface area contributed by atoms with Crippen molar-refractivity contribution in [2.75, 3.05) is 0 Å². The lowest BCUT2D eigenvalue weighted by molar-refractivity contribution is 0.101. The van der Waals surface area contributed by atoms with Crippen LogP contribution >= 0.6 is 0 Å². The Kier molecular flexibility index (Phi) is 1.58. The van der Waals surface area contributed by atoms with E-state index in [0.29, 0.717) is 0 Å². The summed E-state index contributed by atoms with van der Waals surface area (Å²) >= 11 is 0. The van der Waals surface area contributed by atoms with E-state index in [9.17, 15) is 4.79 Å². The molecule has 0 fully saturated rings. The monoisotopic (exact) mass is 157 g/mol. The minimum Gasteiger partial charge on any atom is -0.294 e. The van der Waals surface area contributed by atoms with Crippen molar-refractivity contribution >= 4 is 11.9 Å². The van der Waals surface area contributed by atoms with Gasteiger partial charge in [-0.25, -0.2) is 0 Å². The van der Waals surface area contributed by atoms with Crippen LogP contribution in [-0.2, 0) is 6.42 Å². The lowest BCUT2D eigenvalue weighted by Gasteiger charge is -2.02. The zero-order valence-electron chi connectivity index (χ0n) is 6.92. The fraction of sp³-hybridized carbons (Fsp3) is 0.182. The number of carbonyl (C=O) groups excluding carboxylic acids is 1. The second kappa shape index (κ2) is 2.59. The van der Waals surface area contributed by atoms with Gasteiger partial charge in [-0.05, 0) is 30.5 Å². The van der Waals surface area contributed by atoms with Gasteiger partial charge in [0.1, 0.15) is 0 Å². The number of carbonyl (C=O) groups is 1. The normalized spacial score (nSPS) is 13.1. The van der Waals surface area contributed by atoms with Gasteiger partial charge in [-0.2, -0.15) is 0 Å². The van der Waals surface area contributed by atoms with Crippen LogP contribution in [0.1, 0.15) is 28.4 Å². The molecule has 1 aromatic carbocycles. The van der Waals surface area contributed by atoms with E-state index in [1.807, 2.05) is 24.3 Å². The first kappa shape index (κ1) is 7.29. The van der Waals surface area contributed by atoms with Crippen LogP contribution in [0.5, 0.6) is 0 Å². The Balaban J connectivity index is 2.63. The minimum absolute atomic E-state index is 0.131. The van der Waals surface area contributed by atoms with Crippen LogP contribution in [-0.4, -0.2) is 5.78 Å². The van der Waals surface area contributed by atoms with Gasteiger partial charge in [0.25, 0.3) is 0 Å². The van der Waals surface area contributed by atoms with Gasteiger partial charge in [0, 0.05) is 5.56 Å². The molecule has 1 radical (unpaired) electrons. The molecule has 0 atom stereocenters. The maximum Gasteiger partial charge on any atom is 0.160 e. The highest BCUT2D eigenvalue weighted by Crippen LogP contribution is 2.22. The standard InChI is InChI=1S/C11H9O/c1-8(12)10-6-2-4-9-5-3-7-11(9)10/h2,4,6-7H,5H2,1H3. The SMILES string of the molecule is CC(=O)c1cccc2c1C=[C]C2. The van der Waals surface area contributed by atoms with Crippen molar-refractivity contribution in [3.8, 4) is 0 Å². The van der Waals surface area contributed by atoms with Crippen LogP contribution < -0.4 is 0 Å². The fourth-order valence-corrected chi connectivity index (χ4v) is 1.51. The van der Waals surface area contributed by atoms with Crippen molar-refractivity contribution in [3.63, 3.8) is 0 Å². The molecule has 1 heteroatoms. The highest BCUT2D eigenvalue weighted by Gasteiger charge is 2.11. The molecule has 0 N–H and O–H groups in total. The number of ketones is 1. The van der Waals surface area contributed by atoms with Crippen molar-refractivity contribution in [2.24, 2.45) is 0 Å². The molecular weight excluding hydrogens is 148 g/mol. The van der Waals surface area contributed by atoms with Crippen LogP contribution in [0.25, 0.3) is 6.08 Å². The molecule has 1 aliphatic rings. The van der Waals surface area contributed by atoms with E-state index in [0.717, 1.165) is 17.5 Å². The second-order valence-corrected chi connectivity index (χ2v) is 2.96. The van der Waals surface area contributed by atoms with Gasteiger partial charge >= 0.3 is 0 Å². The summed E-state index contributed by atoms with van der Waals surface area (Å²) in [7, 11) is 0. The fourth-order valence-electron chi connectivity index (χ4n) is 1.51. The van der Waals surface area contributed by atoms with Crippen molar-refractivity contribution in [3.05, 3.63) is 41.0 Å². The zero-order chi connectivity index (χ0) is 8.55. The van der Waals surface area contributed by atoms with Gasteiger partial charge in [-0.3, -0.25) is 4.79 Å². The molecule has 1 aliphatic carbocycles. The van der Waals surface area contributed by atoms with Crippen molar-refractivity contribution in [1.82, 2.24) is 0 Å². The first-order valence-electron chi connectivity index (χ1n) is 3.98. The van der Waals surface area contributed by atoms with E-state index in [1.54, 1.807) is 6.92 Å². The van der Waals surface area contributed by atoms with Gasteiger partial charge in [0.05, 0.1) is 0 Å². The zero-order valence-corrected chi connectivity index (χ0v) is 6.92. The molecule has 2 rings (SSSR count). The van der Waals surface area contributed by atoms with E-state index in [1.165, 1.54) is 5.56 Å². The van der Waals surface area contributed by atoms with Crippen LogP contribution in [0.2, 0.25) is 0 Å². The number of benzene rings is 1. The number of fused-ring (bicyclic) bond motifs is 1. The van der Waals surface area contributed by atoms with Crippen LogP contribution in [0, 0.1) is 6.08 Å². The van der Waals surface area contributed by atoms with Crippen molar-refractivity contribution < 1.29 is 4.79 Å². The smallest absolute Gasteiger partial charge is 0.160 e. The number of Topliss-reactive ketones (excluding diaryl/α,β-unsaturated/α-hetero) is 1. The van der Waals surface area contributed by atoms with E-state index in [-0.39, 0.29) is 5.78 Å². The molecule has 0 aromatic heterocycles. The van der Waals surface area contributed by atoms with Crippen LogP contribution in [0.4, 0.5) is 0 Å². The summed E-state index contributed by atoms with van der Waals surface area (Å²) in [5.74, 6) is 0.131. The quantitative estimate of drug-likeness (QED) is 0.571. The third-order valence-electron chi connectivity index (χ3n) is 2.11. The average molecular weight is 157 g/mol. The molecule has 0 spiro atoms. The molecule has 0 aliphatic heterocycles. The summed E-state index contributed by atoms with van der Waals surface area (Å²) in [6.07, 6.45) is 5.86. The van der Waals surface area contributed by atoms with E-state index in [2.05, 4.69) is 6.08 Å². The van der Waals surface area contributed by atoms with Crippen molar-refractivity contribution in [1.29, 1.82) is 0 Å². The van der Waals surface area contributed by atoms with Crippen LogP contribution in [0.15, 0.2) is 18.2 Å². The van der Waals surface area contributed by atoms with Gasteiger partial charge in [-0.15, -0.1) is 0 Å². The Labute approximate surface area is 71.7 Å². The molecule has 1 nitrogen and oxygen atoms in total. The average Bonchev–Trinajstić information content (AvgIpc) is 2.49. The maximum absolute atomic E-state index is 11.2. The molecule has 0 saturated carbocycles. The Bertz CT molecular complexity index is 361. The maximum atomic E-state index is 11.2. The summed E-state index contributed by atoms with van der Waals surface area (Å²) in [4.78, 5) is 11.2. The molecule has 0 bridgehead atoms. The Morgan fingerprint density at radius 1 is 1.50 bits per heavy atom. The summed E-state index contributed by atoms with van der Waals surface area (Å²) in [5, 5.41) is 0. The molecular formula is C11H9O. The lowest BCUT2D eigenvalue weighted by atomic mass is 10.0. The van der Waals surface area contributed by atoms with E-state index < -0.39 is 0 Å². The topological polar surface area (TPSA) is 17.1 Å². The Morgan fingerprint density at radius 3 is 3.08 bits per heavy atom. The van der Waals surface area contributed by atoms with Gasteiger partial charge in [0.2, 0.25) is 0 Å². The number of hydrogen-bond acceptors (Lipinski definition) is 1. The molecule has 59 valence electrons. The summed E-state index contributed by atoms with van der Waals surface area (Å²) in [6.45, 7) is 1.60. The van der Waals surface area contributed by atoms with Crippen molar-refractivity contribution in [2.45, 2.75) is 13.3 Å². The number of rotatable bonds is 1. The Hall–Kier alpha value is -1.37. The number of allylic oxidation sites excluding steroid dienone is 1. The summed E-state index contributed by atoms with van der Waals surface area (Å²) < 4.78 is 0. The molecule has 1 aromatic rings. The first-order valence-corrected chi connectivity index (χ1v) is 3.98. The van der Waals surface area contributed by atoms with Gasteiger partial charge < -0.3 is 0 Å². The molecule has 0 saturated heterocycles. The summed E-state index contributed by atoms with van der Waals surface area (Å²) in [5.41, 5.74) is 3.09. The second-order valence-electron chi connectivity index (χ2n) is 2.96. The molecule has 0 amide bonds. The predicted octanol–water partition coefficient (Wildman–Crippen LogP) is 2.26. The molecule has 0 unspecified atom stereocenters. The highest BCUT2D eigenvalue weighted by molar-refractivity contribution is 5.98. The third kappa shape index (κ3) is 0.981. The van der Waals surface area contributed by atoms with E-state index in [4.69, 9.17) is 0 Å².